The highest BCUT2D eigenvalue weighted by atomic mass is 19.1. The molecule has 1 aliphatic heterocycles. The largest absolute Gasteiger partial charge is 0.364 e. The summed E-state index contributed by atoms with van der Waals surface area (Å²) in [4.78, 5) is 6.95. The van der Waals surface area contributed by atoms with E-state index in [9.17, 15) is 4.39 Å². The van der Waals surface area contributed by atoms with Gasteiger partial charge in [-0.15, -0.1) is 0 Å². The summed E-state index contributed by atoms with van der Waals surface area (Å²) in [6.45, 7) is 5.66. The molecule has 0 aliphatic carbocycles. The third-order valence-corrected chi connectivity index (χ3v) is 4.26. The van der Waals surface area contributed by atoms with Crippen molar-refractivity contribution in [1.29, 1.82) is 0 Å². The van der Waals surface area contributed by atoms with Crippen LogP contribution in [0.25, 0.3) is 0 Å². The first-order valence-electron chi connectivity index (χ1n) is 9.00. The molecule has 2 aromatic carbocycles. The van der Waals surface area contributed by atoms with Crippen LogP contribution in [0.1, 0.15) is 18.1 Å². The summed E-state index contributed by atoms with van der Waals surface area (Å²) in [5.41, 5.74) is 2.99. The van der Waals surface area contributed by atoms with Crippen molar-refractivity contribution in [2.24, 2.45) is 4.99 Å². The molecule has 1 aliphatic rings. The van der Waals surface area contributed by atoms with E-state index in [-0.39, 0.29) is 5.82 Å². The number of guanidine groups is 1. The Labute approximate surface area is 154 Å². The van der Waals surface area contributed by atoms with E-state index >= 15 is 0 Å². The highest BCUT2D eigenvalue weighted by Crippen LogP contribution is 2.18. The molecule has 2 N–H and O–H groups in total. The lowest BCUT2D eigenvalue weighted by Gasteiger charge is -2.18. The SMILES string of the molecule is CCNC(=NCc1cccc(N2CC=CC2)c1)NCc1ccccc1F. The quantitative estimate of drug-likeness (QED) is 0.475. The van der Waals surface area contributed by atoms with E-state index in [1.807, 2.05) is 13.0 Å². The molecule has 4 nitrogen and oxygen atoms in total. The fourth-order valence-corrected chi connectivity index (χ4v) is 2.87. The van der Waals surface area contributed by atoms with Crippen molar-refractivity contribution in [3.8, 4) is 0 Å². The molecule has 5 heteroatoms. The van der Waals surface area contributed by atoms with Gasteiger partial charge in [0.25, 0.3) is 0 Å². The number of nitrogens with zero attached hydrogens (tertiary/aromatic N) is 2. The van der Waals surface area contributed by atoms with Crippen molar-refractivity contribution < 1.29 is 4.39 Å². The molecule has 0 radical (unpaired) electrons. The second kappa shape index (κ2) is 9.04. The van der Waals surface area contributed by atoms with Gasteiger partial charge in [0.1, 0.15) is 5.82 Å². The number of hydrogen-bond donors (Lipinski definition) is 2. The Balaban J connectivity index is 1.63. The van der Waals surface area contributed by atoms with Crippen LogP contribution in [0, 0.1) is 5.82 Å². The number of nitrogens with one attached hydrogen (secondary N) is 2. The highest BCUT2D eigenvalue weighted by molar-refractivity contribution is 5.79. The summed E-state index contributed by atoms with van der Waals surface area (Å²) in [6.07, 6.45) is 4.36. The van der Waals surface area contributed by atoms with Gasteiger partial charge in [-0.05, 0) is 30.7 Å². The second-order valence-electron chi connectivity index (χ2n) is 6.19. The minimum atomic E-state index is -0.206. The van der Waals surface area contributed by atoms with Crippen LogP contribution in [-0.2, 0) is 13.1 Å². The summed E-state index contributed by atoms with van der Waals surface area (Å²) < 4.78 is 13.8. The van der Waals surface area contributed by atoms with Crippen molar-refractivity contribution in [2.45, 2.75) is 20.0 Å². The molecule has 0 fully saturated rings. The van der Waals surface area contributed by atoms with Gasteiger partial charge in [0.2, 0.25) is 0 Å². The molecule has 26 heavy (non-hydrogen) atoms. The Kier molecular flexibility index (Phi) is 6.25. The normalized spacial score (nSPS) is 13.9. The average Bonchev–Trinajstić information content (AvgIpc) is 3.20. The summed E-state index contributed by atoms with van der Waals surface area (Å²) >= 11 is 0. The van der Waals surface area contributed by atoms with Crippen LogP contribution in [0.3, 0.4) is 0 Å². The van der Waals surface area contributed by atoms with Crippen molar-refractivity contribution in [1.82, 2.24) is 10.6 Å². The zero-order valence-electron chi connectivity index (χ0n) is 15.1. The van der Waals surface area contributed by atoms with Gasteiger partial charge in [-0.1, -0.05) is 42.5 Å². The summed E-state index contributed by atoms with van der Waals surface area (Å²) in [5, 5.41) is 6.40. The predicted octanol–water partition coefficient (Wildman–Crippen LogP) is 3.46. The van der Waals surface area contributed by atoms with Gasteiger partial charge in [0, 0.05) is 37.4 Å². The molecule has 0 bridgehead atoms. The third kappa shape index (κ3) is 4.85. The molecular formula is C21H25FN4. The Morgan fingerprint density at radius 2 is 1.88 bits per heavy atom. The van der Waals surface area contributed by atoms with Gasteiger partial charge in [0.15, 0.2) is 5.96 Å². The summed E-state index contributed by atoms with van der Waals surface area (Å²) in [5.74, 6) is 0.478. The van der Waals surface area contributed by atoms with Crippen LogP contribution in [0.15, 0.2) is 65.7 Å². The van der Waals surface area contributed by atoms with E-state index in [1.54, 1.807) is 12.1 Å². The molecule has 136 valence electrons. The van der Waals surface area contributed by atoms with Crippen LogP contribution in [0.5, 0.6) is 0 Å². The molecule has 0 atom stereocenters. The van der Waals surface area contributed by atoms with E-state index < -0.39 is 0 Å². The second-order valence-corrected chi connectivity index (χ2v) is 6.19. The Hall–Kier alpha value is -2.82. The third-order valence-electron chi connectivity index (χ3n) is 4.26. The zero-order chi connectivity index (χ0) is 18.2. The van der Waals surface area contributed by atoms with Crippen LogP contribution in [0.2, 0.25) is 0 Å². The Morgan fingerprint density at radius 1 is 1.08 bits per heavy atom. The van der Waals surface area contributed by atoms with Crippen molar-refractivity contribution in [3.63, 3.8) is 0 Å². The molecule has 1 heterocycles. The molecule has 3 rings (SSSR count). The molecule has 2 aromatic rings. The molecule has 0 saturated heterocycles. The van der Waals surface area contributed by atoms with E-state index in [4.69, 9.17) is 0 Å². The molecular weight excluding hydrogens is 327 g/mol. The molecule has 0 aromatic heterocycles. The van der Waals surface area contributed by atoms with E-state index in [2.05, 4.69) is 56.9 Å². The lowest BCUT2D eigenvalue weighted by Crippen LogP contribution is -2.37. The van der Waals surface area contributed by atoms with E-state index in [1.165, 1.54) is 11.8 Å². The summed E-state index contributed by atoms with van der Waals surface area (Å²) in [7, 11) is 0. The maximum Gasteiger partial charge on any atom is 0.191 e. The number of anilines is 1. The first-order valence-corrected chi connectivity index (χ1v) is 9.00. The van der Waals surface area contributed by atoms with Crippen LogP contribution in [0.4, 0.5) is 10.1 Å². The molecule has 0 saturated carbocycles. The number of halogens is 1. The smallest absolute Gasteiger partial charge is 0.191 e. The average molecular weight is 352 g/mol. The van der Waals surface area contributed by atoms with Crippen molar-refractivity contribution in [2.75, 3.05) is 24.5 Å². The monoisotopic (exact) mass is 352 g/mol. The van der Waals surface area contributed by atoms with Gasteiger partial charge in [0.05, 0.1) is 6.54 Å². The maximum absolute atomic E-state index is 13.8. The topological polar surface area (TPSA) is 39.7 Å². The minimum absolute atomic E-state index is 0.206. The number of hydrogen-bond acceptors (Lipinski definition) is 2. The van der Waals surface area contributed by atoms with Gasteiger partial charge in [-0.25, -0.2) is 9.38 Å². The number of benzene rings is 2. The predicted molar refractivity (Wildman–Crippen MR) is 106 cm³/mol. The fraction of sp³-hybridized carbons (Fsp3) is 0.286. The van der Waals surface area contributed by atoms with Crippen molar-refractivity contribution in [3.05, 3.63) is 77.6 Å². The first-order chi connectivity index (χ1) is 12.8. The Bertz CT molecular complexity index is 777. The molecule has 0 unspecified atom stereocenters. The van der Waals surface area contributed by atoms with Gasteiger partial charge < -0.3 is 15.5 Å². The standard InChI is InChI=1S/C21H25FN4/c1-2-23-21(25-16-18-9-3-4-11-20(18)22)24-15-17-8-7-10-19(14-17)26-12-5-6-13-26/h3-11,14H,2,12-13,15-16H2,1H3,(H2,23,24,25). The lowest BCUT2D eigenvalue weighted by molar-refractivity contribution is 0.604. The van der Waals surface area contributed by atoms with Gasteiger partial charge >= 0.3 is 0 Å². The van der Waals surface area contributed by atoms with Gasteiger partial charge in [-0.2, -0.15) is 0 Å². The van der Waals surface area contributed by atoms with Gasteiger partial charge in [-0.3, -0.25) is 0 Å². The Morgan fingerprint density at radius 3 is 2.65 bits per heavy atom. The minimum Gasteiger partial charge on any atom is -0.364 e. The summed E-state index contributed by atoms with van der Waals surface area (Å²) in [6, 6.07) is 15.2. The van der Waals surface area contributed by atoms with Crippen molar-refractivity contribution >= 4 is 11.6 Å². The molecule has 0 spiro atoms. The van der Waals surface area contributed by atoms with Crippen LogP contribution >= 0.6 is 0 Å². The highest BCUT2D eigenvalue weighted by Gasteiger charge is 2.08. The maximum atomic E-state index is 13.8. The van der Waals surface area contributed by atoms with Crippen LogP contribution < -0.4 is 15.5 Å². The first kappa shape index (κ1) is 18.0. The molecule has 0 amide bonds. The number of aliphatic imine (C=N–C) groups is 1. The van der Waals surface area contributed by atoms with Crippen LogP contribution in [-0.4, -0.2) is 25.6 Å². The van der Waals surface area contributed by atoms with E-state index in [0.29, 0.717) is 24.6 Å². The van der Waals surface area contributed by atoms with E-state index in [0.717, 1.165) is 25.2 Å². The lowest BCUT2D eigenvalue weighted by atomic mass is 10.2. The fourth-order valence-electron chi connectivity index (χ4n) is 2.87. The zero-order valence-corrected chi connectivity index (χ0v) is 15.1. The number of rotatable bonds is 6.